The summed E-state index contributed by atoms with van der Waals surface area (Å²) in [6.07, 6.45) is 0. The van der Waals surface area contributed by atoms with Crippen LogP contribution in [0.4, 0.5) is 0 Å². The first-order valence-corrected chi connectivity index (χ1v) is 8.23. The summed E-state index contributed by atoms with van der Waals surface area (Å²) in [6, 6.07) is 20.4. The van der Waals surface area contributed by atoms with Crippen molar-refractivity contribution in [2.75, 3.05) is 0 Å². The van der Waals surface area contributed by atoms with Gasteiger partial charge in [-0.2, -0.15) is 0 Å². The summed E-state index contributed by atoms with van der Waals surface area (Å²) in [6.45, 7) is 6.67. The maximum Gasteiger partial charge on any atom is -0.00235 e. The first-order valence-electron chi connectivity index (χ1n) is 8.23. The van der Waals surface area contributed by atoms with E-state index in [1.54, 1.807) is 0 Å². The fraction of sp³-hybridized carbons (Fsp3) is 0.130. The maximum atomic E-state index is 2.38. The van der Waals surface area contributed by atoms with E-state index < -0.39 is 0 Å². The third-order valence-electron chi connectivity index (χ3n) is 5.53. The monoisotopic (exact) mass is 294 g/mol. The van der Waals surface area contributed by atoms with Gasteiger partial charge in [-0.15, -0.1) is 0 Å². The number of benzene rings is 5. The third-order valence-corrected chi connectivity index (χ3v) is 5.53. The van der Waals surface area contributed by atoms with Crippen molar-refractivity contribution in [1.29, 1.82) is 0 Å². The average molecular weight is 294 g/mol. The van der Waals surface area contributed by atoms with E-state index in [1.807, 2.05) is 0 Å². The molecule has 0 aliphatic carbocycles. The largest absolute Gasteiger partial charge is 0.0610 e. The van der Waals surface area contributed by atoms with E-state index in [4.69, 9.17) is 0 Å². The van der Waals surface area contributed by atoms with E-state index >= 15 is 0 Å². The second-order valence-electron chi connectivity index (χ2n) is 6.75. The van der Waals surface area contributed by atoms with Crippen LogP contribution in [0.5, 0.6) is 0 Å². The predicted molar refractivity (Wildman–Crippen MR) is 102 cm³/mol. The Hall–Kier alpha value is -2.60. The Bertz CT molecular complexity index is 1230. The Kier molecular flexibility index (Phi) is 2.37. The molecule has 0 N–H and O–H groups in total. The normalized spacial score (nSPS) is 12.1. The van der Waals surface area contributed by atoms with Gasteiger partial charge in [-0.3, -0.25) is 0 Å². The molecule has 0 aliphatic heterocycles. The van der Waals surface area contributed by atoms with Gasteiger partial charge in [0.1, 0.15) is 0 Å². The lowest BCUT2D eigenvalue weighted by molar-refractivity contribution is 1.39. The Labute approximate surface area is 135 Å². The van der Waals surface area contributed by atoms with Crippen LogP contribution in [0, 0.1) is 20.8 Å². The highest BCUT2D eigenvalue weighted by Gasteiger charge is 2.15. The molecule has 5 aromatic rings. The van der Waals surface area contributed by atoms with Gasteiger partial charge in [-0.05, 0) is 80.6 Å². The second kappa shape index (κ2) is 4.23. The molecule has 110 valence electrons. The van der Waals surface area contributed by atoms with Crippen LogP contribution in [0.2, 0.25) is 0 Å². The number of fused-ring (bicyclic) bond motifs is 2. The van der Waals surface area contributed by atoms with Crippen molar-refractivity contribution in [1.82, 2.24) is 0 Å². The minimum absolute atomic E-state index is 1.35. The molecule has 0 aromatic heterocycles. The first kappa shape index (κ1) is 12.9. The van der Waals surface area contributed by atoms with Crippen LogP contribution in [0.15, 0.2) is 54.6 Å². The van der Waals surface area contributed by atoms with E-state index in [9.17, 15) is 0 Å². The standard InChI is InChI=1S/C23H18/c1-13-10-11-20-21-12-14(2)15(3)17-7-5-9-19(23(17)21)18-8-4-6-16(13)22(18)20/h4-12H,1-3H3. The van der Waals surface area contributed by atoms with E-state index in [0.717, 1.165) is 0 Å². The zero-order chi connectivity index (χ0) is 15.7. The smallest absolute Gasteiger partial charge is 0.00235 e. The molecule has 0 bridgehead atoms. The van der Waals surface area contributed by atoms with Gasteiger partial charge in [0.15, 0.2) is 0 Å². The average Bonchev–Trinajstić information content (AvgIpc) is 2.58. The van der Waals surface area contributed by atoms with E-state index in [1.165, 1.54) is 59.8 Å². The van der Waals surface area contributed by atoms with Crippen LogP contribution in [-0.4, -0.2) is 0 Å². The highest BCUT2D eigenvalue weighted by molar-refractivity contribution is 6.33. The van der Waals surface area contributed by atoms with Crippen LogP contribution >= 0.6 is 0 Å². The van der Waals surface area contributed by atoms with Gasteiger partial charge in [0.25, 0.3) is 0 Å². The minimum atomic E-state index is 1.35. The van der Waals surface area contributed by atoms with Crippen molar-refractivity contribution in [2.24, 2.45) is 0 Å². The van der Waals surface area contributed by atoms with Crippen LogP contribution in [0.25, 0.3) is 43.1 Å². The fourth-order valence-electron chi connectivity index (χ4n) is 4.20. The van der Waals surface area contributed by atoms with Crippen LogP contribution in [-0.2, 0) is 0 Å². The quantitative estimate of drug-likeness (QED) is 0.221. The molecule has 23 heavy (non-hydrogen) atoms. The lowest BCUT2D eigenvalue weighted by Crippen LogP contribution is -1.91. The van der Waals surface area contributed by atoms with Gasteiger partial charge in [0.05, 0.1) is 0 Å². The molecular formula is C23H18. The Morgan fingerprint density at radius 1 is 0.478 bits per heavy atom. The third kappa shape index (κ3) is 1.51. The summed E-state index contributed by atoms with van der Waals surface area (Å²) in [5.74, 6) is 0. The topological polar surface area (TPSA) is 0 Å². The molecule has 0 spiro atoms. The van der Waals surface area contributed by atoms with E-state index in [2.05, 4.69) is 75.4 Å². The van der Waals surface area contributed by atoms with Gasteiger partial charge in [-0.25, -0.2) is 0 Å². The summed E-state index contributed by atoms with van der Waals surface area (Å²) in [7, 11) is 0. The molecule has 0 amide bonds. The molecule has 0 nitrogen and oxygen atoms in total. The summed E-state index contributed by atoms with van der Waals surface area (Å²) < 4.78 is 0. The lowest BCUT2D eigenvalue weighted by atomic mass is 9.86. The molecule has 0 heteroatoms. The molecule has 0 unspecified atom stereocenters. The van der Waals surface area contributed by atoms with Gasteiger partial charge in [0, 0.05) is 0 Å². The zero-order valence-corrected chi connectivity index (χ0v) is 13.7. The van der Waals surface area contributed by atoms with Crippen LogP contribution in [0.3, 0.4) is 0 Å². The Morgan fingerprint density at radius 2 is 1.04 bits per heavy atom. The molecule has 5 rings (SSSR count). The number of rotatable bonds is 0. The van der Waals surface area contributed by atoms with Crippen molar-refractivity contribution >= 4 is 43.1 Å². The van der Waals surface area contributed by atoms with Crippen LogP contribution < -0.4 is 0 Å². The molecule has 0 fully saturated rings. The first-order chi connectivity index (χ1) is 11.2. The SMILES string of the molecule is Cc1cc2c3ccc(C)c4cccc(c5cccc(c1C)c52)c43. The molecule has 0 radical (unpaired) electrons. The van der Waals surface area contributed by atoms with E-state index in [-0.39, 0.29) is 0 Å². The van der Waals surface area contributed by atoms with Crippen molar-refractivity contribution in [2.45, 2.75) is 20.8 Å². The molecule has 0 heterocycles. The number of aryl methyl sites for hydroxylation is 3. The van der Waals surface area contributed by atoms with Gasteiger partial charge >= 0.3 is 0 Å². The Balaban J connectivity index is 2.27. The van der Waals surface area contributed by atoms with Crippen molar-refractivity contribution in [3.8, 4) is 0 Å². The number of hydrogen-bond donors (Lipinski definition) is 0. The fourth-order valence-corrected chi connectivity index (χ4v) is 4.20. The highest BCUT2D eigenvalue weighted by atomic mass is 14.2. The lowest BCUT2D eigenvalue weighted by Gasteiger charge is -2.17. The summed E-state index contributed by atoms with van der Waals surface area (Å²) >= 11 is 0. The second-order valence-corrected chi connectivity index (χ2v) is 6.75. The predicted octanol–water partition coefficient (Wildman–Crippen LogP) is 6.66. The molecule has 0 atom stereocenters. The Morgan fingerprint density at radius 3 is 1.78 bits per heavy atom. The molecule has 5 aromatic carbocycles. The molecule has 0 saturated carbocycles. The zero-order valence-electron chi connectivity index (χ0n) is 13.7. The minimum Gasteiger partial charge on any atom is -0.0610 e. The van der Waals surface area contributed by atoms with Crippen molar-refractivity contribution in [3.05, 3.63) is 71.3 Å². The van der Waals surface area contributed by atoms with Gasteiger partial charge in [-0.1, -0.05) is 54.6 Å². The van der Waals surface area contributed by atoms with Crippen molar-refractivity contribution < 1.29 is 0 Å². The van der Waals surface area contributed by atoms with E-state index in [0.29, 0.717) is 0 Å². The molecular weight excluding hydrogens is 276 g/mol. The summed E-state index contributed by atoms with van der Waals surface area (Å²) in [5.41, 5.74) is 4.12. The van der Waals surface area contributed by atoms with Crippen LogP contribution in [0.1, 0.15) is 16.7 Å². The highest BCUT2D eigenvalue weighted by Crippen LogP contribution is 2.42. The molecule has 0 aliphatic rings. The van der Waals surface area contributed by atoms with Gasteiger partial charge < -0.3 is 0 Å². The number of hydrogen-bond acceptors (Lipinski definition) is 0. The maximum absolute atomic E-state index is 2.38. The molecule has 0 saturated heterocycles. The van der Waals surface area contributed by atoms with Crippen molar-refractivity contribution in [3.63, 3.8) is 0 Å². The summed E-state index contributed by atoms with van der Waals surface area (Å²) in [4.78, 5) is 0. The summed E-state index contributed by atoms with van der Waals surface area (Å²) in [5, 5.41) is 11.1. The van der Waals surface area contributed by atoms with Gasteiger partial charge in [0.2, 0.25) is 0 Å².